The zero-order valence-electron chi connectivity index (χ0n) is 12.2. The number of carbonyl (C=O) groups excluding carboxylic acids is 1. The summed E-state index contributed by atoms with van der Waals surface area (Å²) in [6.07, 6.45) is 7.39. The van der Waals surface area contributed by atoms with Crippen molar-refractivity contribution in [2.75, 3.05) is 25.1 Å². The lowest BCUT2D eigenvalue weighted by atomic mass is 10.3. The van der Waals surface area contributed by atoms with Gasteiger partial charge in [-0.3, -0.25) is 4.79 Å². The Bertz CT molecular complexity index is 254. The molecule has 0 saturated heterocycles. The minimum absolute atomic E-state index is 0.136. The largest absolute Gasteiger partial charge is 0.466 e. The third-order valence-electron chi connectivity index (χ3n) is 2.97. The van der Waals surface area contributed by atoms with Crippen LogP contribution in [0.2, 0.25) is 0 Å². The molecule has 4 heteroatoms. The maximum Gasteiger partial charge on any atom is 0.305 e. The molecule has 0 radical (unpaired) electrons. The lowest BCUT2D eigenvalue weighted by molar-refractivity contribution is -0.143. The number of hydrogen-bond donors (Lipinski definition) is 0. The molecule has 0 aromatic heterocycles. The average Bonchev–Trinajstić information content (AvgIpc) is 2.30. The van der Waals surface area contributed by atoms with Crippen LogP contribution in [0.4, 0.5) is 0 Å². The van der Waals surface area contributed by atoms with Crippen molar-refractivity contribution >= 4 is 13.1 Å². The first-order valence-electron chi connectivity index (χ1n) is 7.30. The fourth-order valence-electron chi connectivity index (χ4n) is 2.06. The molecule has 0 spiro atoms. The molecule has 0 amide bonds. The van der Waals surface area contributed by atoms with Gasteiger partial charge in [-0.15, -0.1) is 0 Å². The zero-order valence-corrected chi connectivity index (χ0v) is 13.1. The molecular weight excluding hydrogens is 247 g/mol. The minimum Gasteiger partial charge on any atom is -0.466 e. The third kappa shape index (κ3) is 8.74. The van der Waals surface area contributed by atoms with Crippen molar-refractivity contribution in [3.8, 4) is 0 Å². The second-order valence-electron chi connectivity index (χ2n) is 4.91. The third-order valence-corrected chi connectivity index (χ3v) is 6.63. The summed E-state index contributed by atoms with van der Waals surface area (Å²) in [5.41, 5.74) is 0. The van der Waals surface area contributed by atoms with Crippen LogP contribution in [0, 0.1) is 0 Å². The molecule has 0 aromatic carbocycles. The summed E-state index contributed by atoms with van der Waals surface area (Å²) in [6.45, 7) is 6.74. The van der Waals surface area contributed by atoms with Crippen LogP contribution in [0.15, 0.2) is 0 Å². The first-order chi connectivity index (χ1) is 8.58. The highest BCUT2D eigenvalue weighted by molar-refractivity contribution is 7.63. The van der Waals surface area contributed by atoms with Crippen molar-refractivity contribution in [2.24, 2.45) is 0 Å². The summed E-state index contributed by atoms with van der Waals surface area (Å²) < 4.78 is 17.6. The highest BCUT2D eigenvalue weighted by Gasteiger charge is 2.19. The van der Waals surface area contributed by atoms with E-state index < -0.39 is 7.14 Å². The van der Waals surface area contributed by atoms with E-state index in [-0.39, 0.29) is 5.97 Å². The molecule has 0 N–H and O–H groups in total. The Hall–Kier alpha value is -0.300. The topological polar surface area (TPSA) is 43.4 Å². The van der Waals surface area contributed by atoms with Gasteiger partial charge in [0.05, 0.1) is 13.7 Å². The van der Waals surface area contributed by atoms with Gasteiger partial charge in [0.2, 0.25) is 0 Å². The Morgan fingerprint density at radius 1 is 0.944 bits per heavy atom. The van der Waals surface area contributed by atoms with Gasteiger partial charge in [0, 0.05) is 24.9 Å². The van der Waals surface area contributed by atoms with E-state index in [9.17, 15) is 9.36 Å². The predicted octanol–water partition coefficient (Wildman–Crippen LogP) is 4.29. The second-order valence-corrected chi connectivity index (χ2v) is 8.36. The number of carbonyl (C=O) groups is 1. The van der Waals surface area contributed by atoms with Gasteiger partial charge in [0.1, 0.15) is 0 Å². The van der Waals surface area contributed by atoms with Gasteiger partial charge >= 0.3 is 5.97 Å². The number of hydrogen-bond acceptors (Lipinski definition) is 3. The van der Waals surface area contributed by atoms with E-state index in [2.05, 4.69) is 20.8 Å². The monoisotopic (exact) mass is 276 g/mol. The van der Waals surface area contributed by atoms with Gasteiger partial charge in [0.25, 0.3) is 0 Å². The van der Waals surface area contributed by atoms with Crippen molar-refractivity contribution in [1.29, 1.82) is 0 Å². The predicted molar refractivity (Wildman–Crippen MR) is 77.9 cm³/mol. The zero-order chi connectivity index (χ0) is 13.9. The van der Waals surface area contributed by atoms with Crippen LogP contribution >= 0.6 is 7.14 Å². The van der Waals surface area contributed by atoms with Crippen molar-refractivity contribution in [2.45, 2.75) is 59.3 Å². The molecule has 18 heavy (non-hydrogen) atoms. The first kappa shape index (κ1) is 17.7. The normalized spacial score (nSPS) is 11.5. The van der Waals surface area contributed by atoms with Gasteiger partial charge in [-0.25, -0.2) is 0 Å². The van der Waals surface area contributed by atoms with Crippen LogP contribution < -0.4 is 0 Å². The fourth-order valence-corrected chi connectivity index (χ4v) is 5.10. The number of ether oxygens (including phenoxy) is 1. The summed E-state index contributed by atoms with van der Waals surface area (Å²) >= 11 is 0. The van der Waals surface area contributed by atoms with E-state index in [1.54, 1.807) is 0 Å². The number of unbranched alkanes of at least 4 members (excludes halogenated alkanes) is 1. The molecule has 108 valence electrons. The van der Waals surface area contributed by atoms with Gasteiger partial charge in [-0.1, -0.05) is 27.2 Å². The SMILES string of the molecule is CCCCOC(=O)CCCP(=O)(CCC)CCC. The molecule has 3 nitrogen and oxygen atoms in total. The van der Waals surface area contributed by atoms with Crippen molar-refractivity contribution < 1.29 is 14.1 Å². The second kappa shape index (κ2) is 10.6. The van der Waals surface area contributed by atoms with Gasteiger partial charge in [-0.05, 0) is 25.7 Å². The van der Waals surface area contributed by atoms with Crippen LogP contribution in [0.5, 0.6) is 0 Å². The summed E-state index contributed by atoms with van der Waals surface area (Å²) in [5, 5.41) is 0. The Balaban J connectivity index is 3.84. The Kier molecular flexibility index (Phi) is 10.4. The Morgan fingerprint density at radius 2 is 1.56 bits per heavy atom. The van der Waals surface area contributed by atoms with Crippen LogP contribution in [0.25, 0.3) is 0 Å². The highest BCUT2D eigenvalue weighted by Crippen LogP contribution is 2.47. The van der Waals surface area contributed by atoms with E-state index >= 15 is 0 Å². The molecule has 0 rings (SSSR count). The Morgan fingerprint density at radius 3 is 2.06 bits per heavy atom. The van der Waals surface area contributed by atoms with Crippen LogP contribution in [0.3, 0.4) is 0 Å². The van der Waals surface area contributed by atoms with E-state index in [0.717, 1.165) is 38.0 Å². The molecule has 0 atom stereocenters. The van der Waals surface area contributed by atoms with Crippen LogP contribution in [-0.2, 0) is 14.1 Å². The summed E-state index contributed by atoms with van der Waals surface area (Å²) in [7, 11) is -2.01. The van der Waals surface area contributed by atoms with Crippen LogP contribution in [0.1, 0.15) is 59.3 Å². The average molecular weight is 276 g/mol. The van der Waals surface area contributed by atoms with E-state index in [4.69, 9.17) is 4.74 Å². The lowest BCUT2D eigenvalue weighted by Gasteiger charge is -2.16. The quantitative estimate of drug-likeness (QED) is 0.321. The first-order valence-corrected chi connectivity index (χ1v) is 9.57. The fraction of sp³-hybridized carbons (Fsp3) is 0.929. The number of rotatable bonds is 11. The molecule has 0 aliphatic heterocycles. The van der Waals surface area contributed by atoms with E-state index in [1.165, 1.54) is 0 Å². The summed E-state index contributed by atoms with van der Waals surface area (Å²) in [6, 6.07) is 0. The molecule has 0 aromatic rings. The Labute approximate surface area is 112 Å². The minimum atomic E-state index is -2.01. The van der Waals surface area contributed by atoms with E-state index in [1.807, 2.05) is 0 Å². The van der Waals surface area contributed by atoms with Crippen LogP contribution in [-0.4, -0.2) is 31.1 Å². The smallest absolute Gasteiger partial charge is 0.305 e. The summed E-state index contributed by atoms with van der Waals surface area (Å²) in [5.74, 6) is -0.136. The maximum absolute atomic E-state index is 12.5. The molecule has 0 fully saturated rings. The molecule has 0 heterocycles. The lowest BCUT2D eigenvalue weighted by Crippen LogP contribution is -2.07. The number of esters is 1. The van der Waals surface area contributed by atoms with Gasteiger partial charge in [-0.2, -0.15) is 0 Å². The highest BCUT2D eigenvalue weighted by atomic mass is 31.2. The van der Waals surface area contributed by atoms with Crippen molar-refractivity contribution in [3.63, 3.8) is 0 Å². The molecule has 0 unspecified atom stereocenters. The summed E-state index contributed by atoms with van der Waals surface area (Å²) in [4.78, 5) is 11.4. The maximum atomic E-state index is 12.5. The molecule has 0 saturated carbocycles. The standard InChI is InChI=1S/C14H29O3P/c1-4-7-10-17-14(15)9-8-13-18(16,11-5-2)12-6-3/h4-13H2,1-3H3. The molecular formula is C14H29O3P. The molecule has 0 aliphatic carbocycles. The van der Waals surface area contributed by atoms with Gasteiger partial charge < -0.3 is 9.30 Å². The van der Waals surface area contributed by atoms with Crippen molar-refractivity contribution in [1.82, 2.24) is 0 Å². The van der Waals surface area contributed by atoms with E-state index in [0.29, 0.717) is 25.6 Å². The molecule has 0 aliphatic rings. The molecule has 0 bridgehead atoms. The van der Waals surface area contributed by atoms with Gasteiger partial charge in [0.15, 0.2) is 0 Å². The van der Waals surface area contributed by atoms with Crippen molar-refractivity contribution in [3.05, 3.63) is 0 Å².